The Hall–Kier alpha value is -0.410. The molecule has 0 spiro atoms. The minimum Gasteiger partial charge on any atom is -0.310 e. The summed E-state index contributed by atoms with van der Waals surface area (Å²) in [5, 5.41) is 6.81. The van der Waals surface area contributed by atoms with Gasteiger partial charge in [-0.2, -0.15) is 0 Å². The highest BCUT2D eigenvalue weighted by Crippen LogP contribution is 2.09. The van der Waals surface area contributed by atoms with Crippen molar-refractivity contribution in [2.45, 2.75) is 71.8 Å². The number of aryl methyl sites for hydroxylation is 1. The van der Waals surface area contributed by atoms with Crippen LogP contribution in [0.25, 0.3) is 0 Å². The maximum absolute atomic E-state index is 4.44. The summed E-state index contributed by atoms with van der Waals surface area (Å²) in [6.07, 6.45) is 11.1. The summed E-state index contributed by atoms with van der Waals surface area (Å²) in [5.74, 6) is 0. The summed E-state index contributed by atoms with van der Waals surface area (Å²) >= 11 is 1.76. The van der Waals surface area contributed by atoms with Gasteiger partial charge >= 0.3 is 0 Å². The third-order valence-corrected chi connectivity index (χ3v) is 4.12. The lowest BCUT2D eigenvalue weighted by Gasteiger charge is -2.03. The number of hydrogen-bond acceptors (Lipinski definition) is 3. The summed E-state index contributed by atoms with van der Waals surface area (Å²) in [5.41, 5.74) is 1.14. The van der Waals surface area contributed by atoms with Gasteiger partial charge < -0.3 is 5.32 Å². The van der Waals surface area contributed by atoms with E-state index < -0.39 is 0 Å². The zero-order valence-corrected chi connectivity index (χ0v) is 12.8. The Morgan fingerprint density at radius 1 is 1.06 bits per heavy atom. The van der Waals surface area contributed by atoms with E-state index in [1.807, 2.05) is 0 Å². The molecule has 18 heavy (non-hydrogen) atoms. The number of nitrogens with zero attached hydrogens (tertiary/aromatic N) is 1. The van der Waals surface area contributed by atoms with E-state index in [0.717, 1.165) is 18.8 Å². The second-order valence-electron chi connectivity index (χ2n) is 5.03. The van der Waals surface area contributed by atoms with Crippen molar-refractivity contribution < 1.29 is 0 Å². The van der Waals surface area contributed by atoms with Gasteiger partial charge in [-0.25, -0.2) is 4.98 Å². The van der Waals surface area contributed by atoms with E-state index in [1.54, 1.807) is 11.3 Å². The first-order valence-corrected chi connectivity index (χ1v) is 8.32. The molecule has 0 saturated carbocycles. The fourth-order valence-electron chi connectivity index (χ4n) is 2.06. The Morgan fingerprint density at radius 3 is 2.33 bits per heavy atom. The molecule has 0 unspecified atom stereocenters. The standard InChI is InChI=1S/C15H28N2S/c1-3-4-5-6-7-8-9-10-11-16-12-15-17-14(2)13-18-15/h13,16H,3-12H2,1-2H3. The number of nitrogens with one attached hydrogen (secondary N) is 1. The van der Waals surface area contributed by atoms with Crippen LogP contribution < -0.4 is 5.32 Å². The van der Waals surface area contributed by atoms with E-state index in [0.29, 0.717) is 0 Å². The molecule has 0 aromatic carbocycles. The van der Waals surface area contributed by atoms with Gasteiger partial charge in [0, 0.05) is 17.6 Å². The number of thiazole rings is 1. The molecule has 0 amide bonds. The number of hydrogen-bond donors (Lipinski definition) is 1. The molecule has 2 nitrogen and oxygen atoms in total. The van der Waals surface area contributed by atoms with Crippen LogP contribution in [0.15, 0.2) is 5.38 Å². The van der Waals surface area contributed by atoms with Crippen molar-refractivity contribution in [3.8, 4) is 0 Å². The molecular formula is C15H28N2S. The molecule has 0 atom stereocenters. The van der Waals surface area contributed by atoms with Crippen LogP contribution in [-0.4, -0.2) is 11.5 Å². The molecule has 0 saturated heterocycles. The number of unbranched alkanes of at least 4 members (excludes halogenated alkanes) is 7. The van der Waals surface area contributed by atoms with Crippen molar-refractivity contribution >= 4 is 11.3 Å². The van der Waals surface area contributed by atoms with Gasteiger partial charge in [0.25, 0.3) is 0 Å². The van der Waals surface area contributed by atoms with Crippen molar-refractivity contribution in [2.24, 2.45) is 0 Å². The molecule has 1 rings (SSSR count). The lowest BCUT2D eigenvalue weighted by atomic mass is 10.1. The molecule has 1 aromatic rings. The van der Waals surface area contributed by atoms with Gasteiger partial charge in [-0.1, -0.05) is 51.9 Å². The highest BCUT2D eigenvalue weighted by molar-refractivity contribution is 7.09. The van der Waals surface area contributed by atoms with E-state index in [9.17, 15) is 0 Å². The molecule has 0 fully saturated rings. The average molecular weight is 268 g/mol. The first kappa shape index (κ1) is 15.6. The molecule has 0 radical (unpaired) electrons. The predicted octanol–water partition coefficient (Wildman–Crippen LogP) is 4.68. The Kier molecular flexibility index (Phi) is 9.13. The Bertz CT molecular complexity index is 296. The van der Waals surface area contributed by atoms with Crippen molar-refractivity contribution in [3.63, 3.8) is 0 Å². The largest absolute Gasteiger partial charge is 0.310 e. The summed E-state index contributed by atoms with van der Waals surface area (Å²) in [6.45, 7) is 6.40. The fourth-order valence-corrected chi connectivity index (χ4v) is 2.80. The molecule has 1 aromatic heterocycles. The fraction of sp³-hybridized carbons (Fsp3) is 0.800. The summed E-state index contributed by atoms with van der Waals surface area (Å²) in [6, 6.07) is 0. The van der Waals surface area contributed by atoms with Gasteiger partial charge in [-0.05, 0) is 19.9 Å². The van der Waals surface area contributed by atoms with Crippen LogP contribution in [0.4, 0.5) is 0 Å². The van der Waals surface area contributed by atoms with Gasteiger partial charge in [0.15, 0.2) is 0 Å². The lowest BCUT2D eigenvalue weighted by molar-refractivity contribution is 0.554. The second-order valence-corrected chi connectivity index (χ2v) is 5.98. The molecule has 3 heteroatoms. The Balaban J connectivity index is 1.81. The monoisotopic (exact) mass is 268 g/mol. The molecule has 1 heterocycles. The highest BCUT2D eigenvalue weighted by atomic mass is 32.1. The van der Waals surface area contributed by atoms with Crippen LogP contribution in [0.1, 0.15) is 69.0 Å². The topological polar surface area (TPSA) is 24.9 Å². The van der Waals surface area contributed by atoms with E-state index >= 15 is 0 Å². The zero-order valence-electron chi connectivity index (χ0n) is 12.0. The molecular weight excluding hydrogens is 240 g/mol. The molecule has 0 aliphatic carbocycles. The van der Waals surface area contributed by atoms with E-state index in [4.69, 9.17) is 0 Å². The maximum Gasteiger partial charge on any atom is 0.107 e. The van der Waals surface area contributed by atoms with Gasteiger partial charge in [-0.3, -0.25) is 0 Å². The summed E-state index contributed by atoms with van der Waals surface area (Å²) in [4.78, 5) is 4.44. The van der Waals surface area contributed by atoms with E-state index in [-0.39, 0.29) is 0 Å². The summed E-state index contributed by atoms with van der Waals surface area (Å²) < 4.78 is 0. The van der Waals surface area contributed by atoms with Gasteiger partial charge in [-0.15, -0.1) is 11.3 Å². The second kappa shape index (κ2) is 10.5. The molecule has 0 aliphatic heterocycles. The quantitative estimate of drug-likeness (QED) is 0.589. The number of aromatic nitrogens is 1. The van der Waals surface area contributed by atoms with Crippen molar-refractivity contribution in [3.05, 3.63) is 16.1 Å². The smallest absolute Gasteiger partial charge is 0.107 e. The third kappa shape index (κ3) is 7.83. The van der Waals surface area contributed by atoms with Crippen molar-refractivity contribution in [1.29, 1.82) is 0 Å². The first-order valence-electron chi connectivity index (χ1n) is 7.44. The minimum absolute atomic E-state index is 0.939. The van der Waals surface area contributed by atoms with Gasteiger partial charge in [0.05, 0.1) is 0 Å². The molecule has 104 valence electrons. The third-order valence-electron chi connectivity index (χ3n) is 3.15. The van der Waals surface area contributed by atoms with Gasteiger partial charge in [0.2, 0.25) is 0 Å². The number of rotatable bonds is 11. The molecule has 0 aliphatic rings. The summed E-state index contributed by atoms with van der Waals surface area (Å²) in [7, 11) is 0. The molecule has 1 N–H and O–H groups in total. The van der Waals surface area contributed by atoms with E-state index in [1.165, 1.54) is 56.4 Å². The highest BCUT2D eigenvalue weighted by Gasteiger charge is 1.97. The van der Waals surface area contributed by atoms with Crippen molar-refractivity contribution in [2.75, 3.05) is 6.54 Å². The van der Waals surface area contributed by atoms with Crippen LogP contribution >= 0.6 is 11.3 Å². The van der Waals surface area contributed by atoms with Crippen LogP contribution in [0.3, 0.4) is 0 Å². The van der Waals surface area contributed by atoms with Crippen LogP contribution in [0, 0.1) is 6.92 Å². The first-order chi connectivity index (χ1) is 8.83. The van der Waals surface area contributed by atoms with Crippen LogP contribution in [0.5, 0.6) is 0 Å². The van der Waals surface area contributed by atoms with Crippen molar-refractivity contribution in [1.82, 2.24) is 10.3 Å². The van der Waals surface area contributed by atoms with Gasteiger partial charge in [0.1, 0.15) is 5.01 Å². The lowest BCUT2D eigenvalue weighted by Crippen LogP contribution is -2.14. The minimum atomic E-state index is 0.939. The normalized spacial score (nSPS) is 11.0. The zero-order chi connectivity index (χ0) is 13.1. The SMILES string of the molecule is CCCCCCCCCCNCc1nc(C)cs1. The predicted molar refractivity (Wildman–Crippen MR) is 81.2 cm³/mol. The van der Waals surface area contributed by atoms with E-state index in [2.05, 4.69) is 29.5 Å². The van der Waals surface area contributed by atoms with Crippen LogP contribution in [-0.2, 0) is 6.54 Å². The Labute approximate surface area is 116 Å². The average Bonchev–Trinajstić information content (AvgIpc) is 2.77. The molecule has 0 bridgehead atoms. The van der Waals surface area contributed by atoms with Crippen LogP contribution in [0.2, 0.25) is 0 Å². The maximum atomic E-state index is 4.44. The Morgan fingerprint density at radius 2 is 1.72 bits per heavy atom.